The van der Waals surface area contributed by atoms with Crippen LogP contribution in [0.25, 0.3) is 0 Å². The maximum Gasteiger partial charge on any atom is 0.224 e. The molecule has 0 atom stereocenters. The van der Waals surface area contributed by atoms with E-state index < -0.39 is 0 Å². The van der Waals surface area contributed by atoms with Crippen molar-refractivity contribution in [2.24, 2.45) is 16.3 Å². The Hall–Kier alpha value is -2.04. The first kappa shape index (κ1) is 19.3. The summed E-state index contributed by atoms with van der Waals surface area (Å²) in [5, 5.41) is 6.42. The van der Waals surface area contributed by atoms with E-state index >= 15 is 0 Å². The van der Waals surface area contributed by atoms with Crippen LogP contribution in [0.4, 0.5) is 5.69 Å². The minimum Gasteiger partial charge on any atom is -0.352 e. The Labute approximate surface area is 151 Å². The number of aliphatic imine (C=N–C) groups is 1. The van der Waals surface area contributed by atoms with Gasteiger partial charge < -0.3 is 15.5 Å². The Morgan fingerprint density at radius 2 is 2.12 bits per heavy atom. The first-order valence-electron chi connectivity index (χ1n) is 9.13. The van der Waals surface area contributed by atoms with Crippen LogP contribution in [-0.2, 0) is 11.3 Å². The van der Waals surface area contributed by atoms with E-state index in [-0.39, 0.29) is 5.91 Å². The number of rotatable bonds is 5. The SMILES string of the molecule is CN=C(NCc1cccc(NC(=O)CC(C)C)c1)N1CCC(C)(C)C1. The lowest BCUT2D eigenvalue weighted by molar-refractivity contribution is -0.116. The molecule has 0 radical (unpaired) electrons. The van der Waals surface area contributed by atoms with Crippen LogP contribution in [0.1, 0.15) is 46.1 Å². The second kappa shape index (κ2) is 8.37. The number of anilines is 1. The molecule has 2 N–H and O–H groups in total. The van der Waals surface area contributed by atoms with Gasteiger partial charge in [0.2, 0.25) is 5.91 Å². The molecule has 0 saturated carbocycles. The van der Waals surface area contributed by atoms with Crippen LogP contribution >= 0.6 is 0 Å². The van der Waals surface area contributed by atoms with E-state index in [4.69, 9.17) is 0 Å². The predicted molar refractivity (Wildman–Crippen MR) is 105 cm³/mol. The number of nitrogens with one attached hydrogen (secondary N) is 2. The fraction of sp³-hybridized carbons (Fsp3) is 0.600. The number of guanidine groups is 1. The zero-order valence-corrected chi connectivity index (χ0v) is 16.2. The molecule has 1 saturated heterocycles. The average molecular weight is 345 g/mol. The molecule has 5 nitrogen and oxygen atoms in total. The average Bonchev–Trinajstić information content (AvgIpc) is 2.87. The zero-order valence-electron chi connectivity index (χ0n) is 16.2. The molecule has 5 heteroatoms. The number of likely N-dealkylation sites (tertiary alicyclic amines) is 1. The highest BCUT2D eigenvalue weighted by Gasteiger charge is 2.30. The van der Waals surface area contributed by atoms with E-state index in [9.17, 15) is 4.79 Å². The highest BCUT2D eigenvalue weighted by Crippen LogP contribution is 2.28. The molecule has 0 unspecified atom stereocenters. The third-order valence-electron chi connectivity index (χ3n) is 4.44. The number of nitrogens with zero attached hydrogens (tertiary/aromatic N) is 2. The molecule has 1 amide bonds. The van der Waals surface area contributed by atoms with Gasteiger partial charge in [0.05, 0.1) is 0 Å². The van der Waals surface area contributed by atoms with Crippen molar-refractivity contribution in [2.75, 3.05) is 25.5 Å². The number of hydrogen-bond donors (Lipinski definition) is 2. The number of amides is 1. The van der Waals surface area contributed by atoms with Gasteiger partial charge >= 0.3 is 0 Å². The molecule has 1 fully saturated rings. The molecule has 0 spiro atoms. The molecule has 0 aromatic heterocycles. The molecule has 0 bridgehead atoms. The van der Waals surface area contributed by atoms with E-state index in [2.05, 4.69) is 40.4 Å². The van der Waals surface area contributed by atoms with E-state index in [0.717, 1.165) is 30.3 Å². The standard InChI is InChI=1S/C20H32N4O/c1-15(2)11-18(25)23-17-8-6-7-16(12-17)13-22-19(21-5)24-10-9-20(3,4)14-24/h6-8,12,15H,9-11,13-14H2,1-5H3,(H,21,22)(H,23,25). The topological polar surface area (TPSA) is 56.7 Å². The van der Waals surface area contributed by atoms with Crippen molar-refractivity contribution in [3.8, 4) is 0 Å². The van der Waals surface area contributed by atoms with E-state index in [1.807, 2.05) is 39.1 Å². The first-order valence-corrected chi connectivity index (χ1v) is 9.13. The summed E-state index contributed by atoms with van der Waals surface area (Å²) in [6.45, 7) is 11.4. The highest BCUT2D eigenvalue weighted by atomic mass is 16.1. The summed E-state index contributed by atoms with van der Waals surface area (Å²) in [6, 6.07) is 7.99. The third-order valence-corrected chi connectivity index (χ3v) is 4.44. The van der Waals surface area contributed by atoms with Crippen LogP contribution in [0, 0.1) is 11.3 Å². The minimum absolute atomic E-state index is 0.0650. The summed E-state index contributed by atoms with van der Waals surface area (Å²) in [4.78, 5) is 18.7. The number of hydrogen-bond acceptors (Lipinski definition) is 2. The van der Waals surface area contributed by atoms with Crippen molar-refractivity contribution >= 4 is 17.6 Å². The fourth-order valence-corrected chi connectivity index (χ4v) is 3.15. The van der Waals surface area contributed by atoms with Crippen LogP contribution in [0.3, 0.4) is 0 Å². The van der Waals surface area contributed by atoms with Crippen LogP contribution in [0.2, 0.25) is 0 Å². The molecular formula is C20H32N4O. The van der Waals surface area contributed by atoms with E-state index in [1.165, 1.54) is 6.42 Å². The Balaban J connectivity index is 1.92. The van der Waals surface area contributed by atoms with Gasteiger partial charge in [-0.3, -0.25) is 9.79 Å². The smallest absolute Gasteiger partial charge is 0.224 e. The van der Waals surface area contributed by atoms with Crippen molar-refractivity contribution in [3.63, 3.8) is 0 Å². The van der Waals surface area contributed by atoms with Crippen molar-refractivity contribution in [2.45, 2.75) is 47.1 Å². The van der Waals surface area contributed by atoms with Gasteiger partial charge in [0.15, 0.2) is 5.96 Å². The predicted octanol–water partition coefficient (Wildman–Crippen LogP) is 3.48. The largest absolute Gasteiger partial charge is 0.352 e. The molecule has 138 valence electrons. The van der Waals surface area contributed by atoms with Crippen LogP contribution < -0.4 is 10.6 Å². The lowest BCUT2D eigenvalue weighted by Gasteiger charge is -2.23. The first-order chi connectivity index (χ1) is 11.8. The molecule has 25 heavy (non-hydrogen) atoms. The molecular weight excluding hydrogens is 312 g/mol. The number of carbonyl (C=O) groups is 1. The van der Waals surface area contributed by atoms with Gasteiger partial charge in [-0.2, -0.15) is 0 Å². The number of carbonyl (C=O) groups excluding carboxylic acids is 1. The zero-order chi connectivity index (χ0) is 18.4. The highest BCUT2D eigenvalue weighted by molar-refractivity contribution is 5.90. The van der Waals surface area contributed by atoms with Gasteiger partial charge in [-0.15, -0.1) is 0 Å². The maximum absolute atomic E-state index is 11.9. The normalized spacial score (nSPS) is 17.0. The lowest BCUT2D eigenvalue weighted by Crippen LogP contribution is -2.40. The Bertz CT molecular complexity index is 622. The minimum atomic E-state index is 0.0650. The summed E-state index contributed by atoms with van der Waals surface area (Å²) in [7, 11) is 1.83. The Morgan fingerprint density at radius 3 is 2.72 bits per heavy atom. The molecule has 2 rings (SSSR count). The summed E-state index contributed by atoms with van der Waals surface area (Å²) >= 11 is 0. The maximum atomic E-state index is 11.9. The van der Waals surface area contributed by atoms with Gasteiger partial charge in [-0.1, -0.05) is 39.8 Å². The van der Waals surface area contributed by atoms with Gasteiger partial charge in [-0.25, -0.2) is 0 Å². The van der Waals surface area contributed by atoms with Crippen molar-refractivity contribution in [3.05, 3.63) is 29.8 Å². The third kappa shape index (κ3) is 6.07. The molecule has 1 aromatic rings. The fourth-order valence-electron chi connectivity index (χ4n) is 3.15. The summed E-state index contributed by atoms with van der Waals surface area (Å²) in [6.07, 6.45) is 1.73. The van der Waals surface area contributed by atoms with E-state index in [1.54, 1.807) is 0 Å². The van der Waals surface area contributed by atoms with Crippen molar-refractivity contribution < 1.29 is 4.79 Å². The van der Waals surface area contributed by atoms with Crippen LogP contribution in [-0.4, -0.2) is 36.9 Å². The molecule has 1 aromatic carbocycles. The summed E-state index contributed by atoms with van der Waals surface area (Å²) in [5.74, 6) is 1.37. The Morgan fingerprint density at radius 1 is 1.36 bits per heavy atom. The second-order valence-corrected chi connectivity index (χ2v) is 8.08. The summed E-state index contributed by atoms with van der Waals surface area (Å²) in [5.41, 5.74) is 2.32. The number of benzene rings is 1. The Kier molecular flexibility index (Phi) is 6.45. The van der Waals surface area contributed by atoms with E-state index in [0.29, 0.717) is 24.3 Å². The second-order valence-electron chi connectivity index (χ2n) is 8.08. The molecule has 1 aliphatic heterocycles. The van der Waals surface area contributed by atoms with Crippen LogP contribution in [0.15, 0.2) is 29.3 Å². The van der Waals surface area contributed by atoms with Gasteiger partial charge in [-0.05, 0) is 35.4 Å². The molecule has 1 aliphatic rings. The van der Waals surface area contributed by atoms with Gasteiger partial charge in [0, 0.05) is 38.8 Å². The van der Waals surface area contributed by atoms with Crippen molar-refractivity contribution in [1.82, 2.24) is 10.2 Å². The summed E-state index contributed by atoms with van der Waals surface area (Å²) < 4.78 is 0. The molecule has 0 aliphatic carbocycles. The quantitative estimate of drug-likeness (QED) is 0.635. The monoisotopic (exact) mass is 344 g/mol. The van der Waals surface area contributed by atoms with Crippen molar-refractivity contribution in [1.29, 1.82) is 0 Å². The van der Waals surface area contributed by atoms with Gasteiger partial charge in [0.1, 0.15) is 0 Å². The molecule has 1 heterocycles. The van der Waals surface area contributed by atoms with Gasteiger partial charge in [0.25, 0.3) is 0 Å². The lowest BCUT2D eigenvalue weighted by atomic mass is 9.93. The van der Waals surface area contributed by atoms with Crippen LogP contribution in [0.5, 0.6) is 0 Å².